The molecule has 0 saturated heterocycles. The van der Waals surface area contributed by atoms with Crippen LogP contribution < -0.4 is 15.9 Å². The van der Waals surface area contributed by atoms with Crippen LogP contribution in [0.1, 0.15) is 0 Å². The normalized spacial score (nSPS) is 10.4. The number of amides is 1. The van der Waals surface area contributed by atoms with Crippen LogP contribution in [0, 0.1) is 0 Å². The Bertz CT molecular complexity index is 868. The van der Waals surface area contributed by atoms with Crippen LogP contribution in [0.5, 0.6) is 5.75 Å². The van der Waals surface area contributed by atoms with Crippen molar-refractivity contribution in [3.63, 3.8) is 0 Å². The number of nitrogens with one attached hydrogen (secondary N) is 1. The van der Waals surface area contributed by atoms with Crippen LogP contribution in [-0.4, -0.2) is 38.6 Å². The average Bonchev–Trinajstić information content (AvgIpc) is 3.02. The summed E-state index contributed by atoms with van der Waals surface area (Å²) >= 11 is 1.20. The van der Waals surface area contributed by atoms with Gasteiger partial charge in [0.05, 0.1) is 18.6 Å². The Kier molecular flexibility index (Phi) is 5.14. The van der Waals surface area contributed by atoms with Crippen molar-refractivity contribution in [2.45, 2.75) is 5.16 Å². The second-order valence-electron chi connectivity index (χ2n) is 4.95. The number of nitrogens with two attached hydrogens (primary N) is 1. The highest BCUT2D eigenvalue weighted by molar-refractivity contribution is 7.99. The smallest absolute Gasteiger partial charge is 0.234 e. The number of methoxy groups -OCH3 is 1. The Hall–Kier alpha value is -3.07. The molecule has 0 radical (unpaired) electrons. The quantitative estimate of drug-likeness (QED) is 0.512. The zero-order valence-corrected chi connectivity index (χ0v) is 14.2. The van der Waals surface area contributed by atoms with Crippen molar-refractivity contribution >= 4 is 23.4 Å². The second kappa shape index (κ2) is 7.67. The molecule has 128 valence electrons. The molecule has 0 spiro atoms. The lowest BCUT2D eigenvalue weighted by Crippen LogP contribution is -2.16. The van der Waals surface area contributed by atoms with Crippen LogP contribution in [0.4, 0.5) is 5.69 Å². The number of rotatable bonds is 6. The van der Waals surface area contributed by atoms with Gasteiger partial charge in [-0.3, -0.25) is 9.78 Å². The largest absolute Gasteiger partial charge is 0.495 e. The highest BCUT2D eigenvalue weighted by Gasteiger charge is 2.14. The third-order valence-corrected chi connectivity index (χ3v) is 4.26. The van der Waals surface area contributed by atoms with Crippen molar-refractivity contribution in [2.75, 3.05) is 24.0 Å². The van der Waals surface area contributed by atoms with Crippen molar-refractivity contribution in [3.8, 4) is 17.1 Å². The maximum absolute atomic E-state index is 12.1. The number of pyridine rings is 1. The molecule has 0 aliphatic carbocycles. The topological polar surface area (TPSA) is 108 Å². The summed E-state index contributed by atoms with van der Waals surface area (Å²) in [4.78, 5) is 16.1. The first-order valence-corrected chi connectivity index (χ1v) is 8.34. The molecule has 0 aliphatic heterocycles. The fourth-order valence-corrected chi connectivity index (χ4v) is 2.79. The maximum Gasteiger partial charge on any atom is 0.234 e. The van der Waals surface area contributed by atoms with E-state index in [1.165, 1.54) is 16.4 Å². The average molecular weight is 356 g/mol. The van der Waals surface area contributed by atoms with E-state index in [1.54, 1.807) is 43.8 Å². The summed E-state index contributed by atoms with van der Waals surface area (Å²) in [6.07, 6.45) is 3.30. The van der Waals surface area contributed by atoms with Gasteiger partial charge in [0, 0.05) is 18.0 Å². The van der Waals surface area contributed by atoms with Gasteiger partial charge in [-0.1, -0.05) is 23.9 Å². The van der Waals surface area contributed by atoms with Crippen molar-refractivity contribution < 1.29 is 9.53 Å². The highest BCUT2D eigenvalue weighted by Crippen LogP contribution is 2.24. The molecule has 8 nitrogen and oxygen atoms in total. The maximum atomic E-state index is 12.1. The molecule has 3 rings (SSSR count). The molecule has 0 aliphatic rings. The number of nitrogens with zero attached hydrogens (tertiary/aromatic N) is 4. The zero-order valence-electron chi connectivity index (χ0n) is 13.4. The first-order valence-electron chi connectivity index (χ1n) is 7.35. The molecule has 1 amide bonds. The first-order chi connectivity index (χ1) is 12.2. The standard InChI is InChI=1S/C16H16N6O2S/c1-24-13-5-3-2-4-12(13)19-14(23)10-25-16-21-20-15(22(16)17)11-6-8-18-9-7-11/h2-9H,10,17H2,1H3,(H,19,23). The summed E-state index contributed by atoms with van der Waals surface area (Å²) in [6, 6.07) is 10.8. The number of carbonyl (C=O) groups excluding carboxylic acids is 1. The Morgan fingerprint density at radius 1 is 1.24 bits per heavy atom. The Balaban J connectivity index is 1.64. The van der Waals surface area contributed by atoms with E-state index in [0.29, 0.717) is 22.4 Å². The van der Waals surface area contributed by atoms with Gasteiger partial charge in [0.15, 0.2) is 5.82 Å². The first kappa shape index (κ1) is 16.8. The molecule has 1 aromatic carbocycles. The number of aromatic nitrogens is 4. The summed E-state index contributed by atoms with van der Waals surface area (Å²) in [7, 11) is 1.55. The van der Waals surface area contributed by atoms with Crippen molar-refractivity contribution in [2.24, 2.45) is 0 Å². The summed E-state index contributed by atoms with van der Waals surface area (Å²) in [5, 5.41) is 11.3. The molecule has 2 heterocycles. The van der Waals surface area contributed by atoms with Gasteiger partial charge in [0.2, 0.25) is 11.1 Å². The number of carbonyl (C=O) groups is 1. The molecule has 25 heavy (non-hydrogen) atoms. The van der Waals surface area contributed by atoms with E-state index in [4.69, 9.17) is 10.6 Å². The molecular weight excluding hydrogens is 340 g/mol. The van der Waals surface area contributed by atoms with Gasteiger partial charge < -0.3 is 15.9 Å². The van der Waals surface area contributed by atoms with E-state index < -0.39 is 0 Å². The fourth-order valence-electron chi connectivity index (χ4n) is 2.14. The Labute approximate surface area is 148 Å². The van der Waals surface area contributed by atoms with Crippen molar-refractivity contribution in [3.05, 3.63) is 48.8 Å². The molecule has 2 aromatic heterocycles. The molecule has 3 N–H and O–H groups in total. The van der Waals surface area contributed by atoms with E-state index in [0.717, 1.165) is 5.56 Å². The van der Waals surface area contributed by atoms with Crippen molar-refractivity contribution in [1.82, 2.24) is 19.9 Å². The molecule has 3 aromatic rings. The van der Waals surface area contributed by atoms with Gasteiger partial charge in [-0.25, -0.2) is 4.68 Å². The van der Waals surface area contributed by atoms with Gasteiger partial charge >= 0.3 is 0 Å². The van der Waals surface area contributed by atoms with Crippen LogP contribution in [0.25, 0.3) is 11.4 Å². The number of thioether (sulfide) groups is 1. The van der Waals surface area contributed by atoms with Gasteiger partial charge in [-0.15, -0.1) is 10.2 Å². The Morgan fingerprint density at radius 3 is 2.76 bits per heavy atom. The summed E-state index contributed by atoms with van der Waals surface area (Å²) < 4.78 is 6.56. The number of hydrogen-bond acceptors (Lipinski definition) is 7. The van der Waals surface area contributed by atoms with Crippen LogP contribution >= 0.6 is 11.8 Å². The number of benzene rings is 1. The molecule has 0 fully saturated rings. The number of hydrogen-bond donors (Lipinski definition) is 2. The monoisotopic (exact) mass is 356 g/mol. The zero-order chi connectivity index (χ0) is 17.6. The predicted octanol–water partition coefficient (Wildman–Crippen LogP) is 1.79. The van der Waals surface area contributed by atoms with Crippen molar-refractivity contribution in [1.29, 1.82) is 0 Å². The molecule has 0 atom stereocenters. The van der Waals surface area contributed by atoms with Crippen LogP contribution in [0.15, 0.2) is 53.9 Å². The SMILES string of the molecule is COc1ccccc1NC(=O)CSc1nnc(-c2ccncc2)n1N. The van der Waals surface area contributed by atoms with E-state index >= 15 is 0 Å². The summed E-state index contributed by atoms with van der Waals surface area (Å²) in [5.74, 6) is 7.08. The van der Waals surface area contributed by atoms with E-state index in [1.807, 2.05) is 12.1 Å². The summed E-state index contributed by atoms with van der Waals surface area (Å²) in [6.45, 7) is 0. The van der Waals surface area contributed by atoms with E-state index in [-0.39, 0.29) is 11.7 Å². The predicted molar refractivity (Wildman–Crippen MR) is 95.8 cm³/mol. The van der Waals surface area contributed by atoms with Gasteiger partial charge in [-0.2, -0.15) is 0 Å². The second-order valence-corrected chi connectivity index (χ2v) is 5.89. The molecule has 9 heteroatoms. The highest BCUT2D eigenvalue weighted by atomic mass is 32.2. The van der Waals surface area contributed by atoms with Gasteiger partial charge in [-0.05, 0) is 24.3 Å². The lowest BCUT2D eigenvalue weighted by Gasteiger charge is -2.09. The van der Waals surface area contributed by atoms with Crippen LogP contribution in [0.2, 0.25) is 0 Å². The van der Waals surface area contributed by atoms with Crippen LogP contribution in [-0.2, 0) is 4.79 Å². The molecule has 0 saturated carbocycles. The van der Waals surface area contributed by atoms with Gasteiger partial charge in [0.25, 0.3) is 0 Å². The lowest BCUT2D eigenvalue weighted by molar-refractivity contribution is -0.113. The van der Waals surface area contributed by atoms with E-state index in [2.05, 4.69) is 20.5 Å². The Morgan fingerprint density at radius 2 is 2.00 bits per heavy atom. The summed E-state index contributed by atoms with van der Waals surface area (Å²) in [5.41, 5.74) is 1.41. The minimum absolute atomic E-state index is 0.143. The number of para-hydroxylation sites is 2. The molecule has 0 unspecified atom stereocenters. The molecular formula is C16H16N6O2S. The number of nitrogen functional groups attached to an aromatic ring is 1. The minimum Gasteiger partial charge on any atom is -0.495 e. The fraction of sp³-hybridized carbons (Fsp3) is 0.125. The van der Waals surface area contributed by atoms with Crippen LogP contribution in [0.3, 0.4) is 0 Å². The third kappa shape index (κ3) is 3.89. The number of anilines is 1. The molecule has 0 bridgehead atoms. The third-order valence-electron chi connectivity index (χ3n) is 3.32. The minimum atomic E-state index is -0.192. The number of ether oxygens (including phenoxy) is 1. The van der Waals surface area contributed by atoms with Gasteiger partial charge in [0.1, 0.15) is 5.75 Å². The van der Waals surface area contributed by atoms with E-state index in [9.17, 15) is 4.79 Å². The lowest BCUT2D eigenvalue weighted by atomic mass is 10.2.